The van der Waals surface area contributed by atoms with Gasteiger partial charge in [-0.15, -0.1) is 0 Å². The average Bonchev–Trinajstić information content (AvgIpc) is 3.00. The molecule has 1 heterocycles. The molecule has 1 aromatic carbocycles. The van der Waals surface area contributed by atoms with E-state index < -0.39 is 10.8 Å². The first-order valence-electron chi connectivity index (χ1n) is 6.71. The second kappa shape index (κ2) is 6.98. The molecule has 0 atom stereocenters. The summed E-state index contributed by atoms with van der Waals surface area (Å²) in [6.45, 7) is 0. The van der Waals surface area contributed by atoms with E-state index in [4.69, 9.17) is 21.3 Å². The van der Waals surface area contributed by atoms with Crippen LogP contribution in [0.25, 0.3) is 17.4 Å². The standard InChI is InChI=1S/C16H12ClN3O4/c1-19(2)16(21)10(9-18)7-12-4-6-15(24-12)13-5-3-11(17)8-14(13)20(22)23/h3-8H,1-2H3. The van der Waals surface area contributed by atoms with E-state index in [0.717, 1.165) is 0 Å². The van der Waals surface area contributed by atoms with E-state index in [9.17, 15) is 14.9 Å². The summed E-state index contributed by atoms with van der Waals surface area (Å²) in [7, 11) is 3.05. The molecule has 0 spiro atoms. The normalized spacial score (nSPS) is 11.0. The van der Waals surface area contributed by atoms with Gasteiger partial charge in [-0.25, -0.2) is 0 Å². The number of rotatable bonds is 4. The predicted octanol–water partition coefficient (Wildman–Crippen LogP) is 3.50. The fraction of sp³-hybridized carbons (Fsp3) is 0.125. The van der Waals surface area contributed by atoms with Gasteiger partial charge in [-0.1, -0.05) is 11.6 Å². The fourth-order valence-corrected chi connectivity index (χ4v) is 2.13. The molecule has 0 N–H and O–H groups in total. The average molecular weight is 346 g/mol. The molecule has 0 saturated carbocycles. The predicted molar refractivity (Wildman–Crippen MR) is 88.1 cm³/mol. The summed E-state index contributed by atoms with van der Waals surface area (Å²) in [6, 6.07) is 9.06. The molecule has 7 nitrogen and oxygen atoms in total. The highest BCUT2D eigenvalue weighted by Gasteiger charge is 2.19. The minimum atomic E-state index is -0.560. The third kappa shape index (κ3) is 3.62. The van der Waals surface area contributed by atoms with Crippen LogP contribution in [0.3, 0.4) is 0 Å². The van der Waals surface area contributed by atoms with Crippen LogP contribution in [0.4, 0.5) is 5.69 Å². The quantitative estimate of drug-likeness (QED) is 0.365. The molecule has 0 aliphatic heterocycles. The number of nitrogens with zero attached hydrogens (tertiary/aromatic N) is 3. The molecule has 0 unspecified atom stereocenters. The van der Waals surface area contributed by atoms with Gasteiger partial charge >= 0.3 is 0 Å². The van der Waals surface area contributed by atoms with E-state index >= 15 is 0 Å². The van der Waals surface area contributed by atoms with Crippen molar-refractivity contribution < 1.29 is 14.1 Å². The minimum Gasteiger partial charge on any atom is -0.456 e. The first kappa shape index (κ1) is 17.2. The Bertz CT molecular complexity index is 878. The molecule has 122 valence electrons. The maximum Gasteiger partial charge on any atom is 0.281 e. The molecule has 2 rings (SSSR count). The lowest BCUT2D eigenvalue weighted by Crippen LogP contribution is -2.22. The van der Waals surface area contributed by atoms with E-state index in [0.29, 0.717) is 0 Å². The zero-order valence-electron chi connectivity index (χ0n) is 12.8. The number of hydrogen-bond acceptors (Lipinski definition) is 5. The summed E-state index contributed by atoms with van der Waals surface area (Å²) in [5.41, 5.74) is -0.0507. The lowest BCUT2D eigenvalue weighted by Gasteiger charge is -2.07. The van der Waals surface area contributed by atoms with Gasteiger partial charge in [0.2, 0.25) is 0 Å². The summed E-state index contributed by atoms with van der Waals surface area (Å²) in [6.07, 6.45) is 1.29. The van der Waals surface area contributed by atoms with Gasteiger partial charge in [0.05, 0.1) is 10.5 Å². The van der Waals surface area contributed by atoms with Crippen LogP contribution in [0.15, 0.2) is 40.3 Å². The zero-order chi connectivity index (χ0) is 17.9. The van der Waals surface area contributed by atoms with E-state index in [1.54, 1.807) is 6.07 Å². The molecule has 1 amide bonds. The summed E-state index contributed by atoms with van der Waals surface area (Å²) >= 11 is 5.78. The molecule has 8 heteroatoms. The van der Waals surface area contributed by atoms with Crippen molar-refractivity contribution in [1.29, 1.82) is 5.26 Å². The first-order valence-corrected chi connectivity index (χ1v) is 7.09. The number of nitro benzene ring substituents is 1. The Morgan fingerprint density at radius 3 is 2.67 bits per heavy atom. The van der Waals surface area contributed by atoms with Gasteiger partial charge in [0, 0.05) is 31.3 Å². The molecule has 0 aliphatic carbocycles. The molecule has 0 saturated heterocycles. The second-order valence-electron chi connectivity index (χ2n) is 4.99. The van der Waals surface area contributed by atoms with Crippen LogP contribution in [-0.2, 0) is 4.79 Å². The van der Waals surface area contributed by atoms with Gasteiger partial charge in [-0.2, -0.15) is 5.26 Å². The Balaban J connectivity index is 2.44. The lowest BCUT2D eigenvalue weighted by molar-refractivity contribution is -0.384. The molecule has 0 fully saturated rings. The molecule has 0 aliphatic rings. The van der Waals surface area contributed by atoms with Crippen LogP contribution < -0.4 is 0 Å². The third-order valence-electron chi connectivity index (χ3n) is 3.09. The SMILES string of the molecule is CN(C)C(=O)C(C#N)=Cc1ccc(-c2ccc(Cl)cc2[N+](=O)[O-])o1. The summed E-state index contributed by atoms with van der Waals surface area (Å²) in [5.74, 6) is 0.00753. The topological polar surface area (TPSA) is 100 Å². The van der Waals surface area contributed by atoms with Crippen LogP contribution in [0.5, 0.6) is 0 Å². The summed E-state index contributed by atoms with van der Waals surface area (Å²) in [4.78, 5) is 23.7. The van der Waals surface area contributed by atoms with Crippen molar-refractivity contribution in [2.75, 3.05) is 14.1 Å². The lowest BCUT2D eigenvalue weighted by atomic mass is 10.1. The molecule has 1 aromatic heterocycles. The number of halogens is 1. The van der Waals surface area contributed by atoms with Gasteiger partial charge in [-0.05, 0) is 24.3 Å². The van der Waals surface area contributed by atoms with E-state index in [1.165, 1.54) is 55.4 Å². The van der Waals surface area contributed by atoms with Crippen LogP contribution in [0, 0.1) is 21.4 Å². The number of carbonyl (C=O) groups is 1. The van der Waals surface area contributed by atoms with Crippen molar-refractivity contribution in [2.45, 2.75) is 0 Å². The third-order valence-corrected chi connectivity index (χ3v) is 3.33. The molecule has 2 aromatic rings. The van der Waals surface area contributed by atoms with Crippen LogP contribution >= 0.6 is 11.6 Å². The molecular weight excluding hydrogens is 334 g/mol. The Morgan fingerprint density at radius 1 is 1.38 bits per heavy atom. The van der Waals surface area contributed by atoms with E-state index in [-0.39, 0.29) is 33.4 Å². The Hall–Kier alpha value is -3.11. The summed E-state index contributed by atoms with van der Waals surface area (Å²) in [5, 5.41) is 20.4. The van der Waals surface area contributed by atoms with Gasteiger partial charge in [0.1, 0.15) is 23.2 Å². The number of likely N-dealkylation sites (N-methyl/N-ethyl adjacent to an activating group) is 1. The Kier molecular flexibility index (Phi) is 5.02. The molecular formula is C16H12ClN3O4. The number of nitro groups is 1. The van der Waals surface area contributed by atoms with Crippen molar-refractivity contribution in [1.82, 2.24) is 4.90 Å². The maximum absolute atomic E-state index is 11.8. The van der Waals surface area contributed by atoms with E-state index in [1.807, 2.05) is 0 Å². The monoisotopic (exact) mass is 345 g/mol. The van der Waals surface area contributed by atoms with Crippen LogP contribution in [0.1, 0.15) is 5.76 Å². The Labute approximate surface area is 142 Å². The Morgan fingerprint density at radius 2 is 2.08 bits per heavy atom. The fourth-order valence-electron chi connectivity index (χ4n) is 1.96. The van der Waals surface area contributed by atoms with Crippen LogP contribution in [0.2, 0.25) is 5.02 Å². The highest BCUT2D eigenvalue weighted by Crippen LogP contribution is 2.33. The van der Waals surface area contributed by atoms with Gasteiger partial charge < -0.3 is 9.32 Å². The summed E-state index contributed by atoms with van der Waals surface area (Å²) < 4.78 is 5.52. The molecule has 0 bridgehead atoms. The van der Waals surface area contributed by atoms with Gasteiger partial charge in [-0.3, -0.25) is 14.9 Å². The number of carbonyl (C=O) groups excluding carboxylic acids is 1. The van der Waals surface area contributed by atoms with Gasteiger partial charge in [0.25, 0.3) is 11.6 Å². The molecule has 24 heavy (non-hydrogen) atoms. The largest absolute Gasteiger partial charge is 0.456 e. The number of furan rings is 1. The van der Waals surface area contributed by atoms with Crippen molar-refractivity contribution in [3.05, 3.63) is 56.8 Å². The first-order chi connectivity index (χ1) is 11.3. The van der Waals surface area contributed by atoms with E-state index in [2.05, 4.69) is 0 Å². The number of nitriles is 1. The van der Waals surface area contributed by atoms with Crippen molar-refractivity contribution >= 4 is 29.3 Å². The number of benzene rings is 1. The van der Waals surface area contributed by atoms with Crippen LogP contribution in [-0.4, -0.2) is 29.8 Å². The van der Waals surface area contributed by atoms with Gasteiger partial charge in [0.15, 0.2) is 0 Å². The number of amides is 1. The van der Waals surface area contributed by atoms with Crippen molar-refractivity contribution in [3.63, 3.8) is 0 Å². The number of hydrogen-bond donors (Lipinski definition) is 0. The minimum absolute atomic E-state index is 0.105. The zero-order valence-corrected chi connectivity index (χ0v) is 13.6. The van der Waals surface area contributed by atoms with Crippen molar-refractivity contribution in [3.8, 4) is 17.4 Å². The highest BCUT2D eigenvalue weighted by molar-refractivity contribution is 6.30. The smallest absolute Gasteiger partial charge is 0.281 e. The molecule has 0 radical (unpaired) electrons. The maximum atomic E-state index is 11.8. The van der Waals surface area contributed by atoms with Crippen molar-refractivity contribution in [2.24, 2.45) is 0 Å². The highest BCUT2D eigenvalue weighted by atomic mass is 35.5. The second-order valence-corrected chi connectivity index (χ2v) is 5.43.